The molecule has 1 rings (SSSR count). The van der Waals surface area contributed by atoms with Gasteiger partial charge in [0.25, 0.3) is 0 Å². The number of hydrogen-bond acceptors (Lipinski definition) is 3. The van der Waals surface area contributed by atoms with E-state index in [1.165, 1.54) is 0 Å². The van der Waals surface area contributed by atoms with Gasteiger partial charge in [0.15, 0.2) is 0 Å². The number of benzene rings is 1. The summed E-state index contributed by atoms with van der Waals surface area (Å²) in [7, 11) is 1.67. The Kier molecular flexibility index (Phi) is 4.58. The minimum Gasteiger partial charge on any atom is -0.492 e. The van der Waals surface area contributed by atoms with Crippen LogP contribution in [0, 0.1) is 0 Å². The molecule has 0 heterocycles. The highest BCUT2D eigenvalue weighted by atomic mass is 35.5. The van der Waals surface area contributed by atoms with Crippen molar-refractivity contribution in [1.29, 1.82) is 0 Å². The Morgan fingerprint density at radius 2 is 2.31 bits per heavy atom. The standard InChI is InChI=1S/C11H15ClN2O2/c1-3-16-9-5-4-7(6-8(9)12)10(14-2)11(13)15/h4-6,10,14H,3H2,1-2H3,(H2,13,15). The quantitative estimate of drug-likeness (QED) is 0.822. The molecule has 0 bridgehead atoms. The molecule has 1 amide bonds. The second kappa shape index (κ2) is 5.72. The van der Waals surface area contributed by atoms with Crippen molar-refractivity contribution in [3.05, 3.63) is 28.8 Å². The summed E-state index contributed by atoms with van der Waals surface area (Å²) in [5.41, 5.74) is 5.98. The average Bonchev–Trinajstić information content (AvgIpc) is 2.22. The molecule has 0 aliphatic carbocycles. The van der Waals surface area contributed by atoms with Crippen molar-refractivity contribution >= 4 is 17.5 Å². The molecular formula is C11H15ClN2O2. The number of ether oxygens (including phenoxy) is 1. The number of likely N-dealkylation sites (N-methyl/N-ethyl adjacent to an activating group) is 1. The smallest absolute Gasteiger partial charge is 0.239 e. The minimum atomic E-state index is -0.534. The second-order valence-electron chi connectivity index (χ2n) is 3.25. The van der Waals surface area contributed by atoms with Gasteiger partial charge >= 0.3 is 0 Å². The van der Waals surface area contributed by atoms with E-state index in [0.29, 0.717) is 17.4 Å². The fraction of sp³-hybridized carbons (Fsp3) is 0.364. The van der Waals surface area contributed by atoms with Crippen LogP contribution < -0.4 is 15.8 Å². The summed E-state index contributed by atoms with van der Waals surface area (Å²) in [6, 6.07) is 4.64. The maximum Gasteiger partial charge on any atom is 0.239 e. The highest BCUT2D eigenvalue weighted by Crippen LogP contribution is 2.27. The molecule has 1 atom stereocenters. The first-order chi connectivity index (χ1) is 7.60. The van der Waals surface area contributed by atoms with E-state index in [1.807, 2.05) is 6.92 Å². The van der Waals surface area contributed by atoms with E-state index in [1.54, 1.807) is 25.2 Å². The van der Waals surface area contributed by atoms with Crippen molar-refractivity contribution in [3.63, 3.8) is 0 Å². The molecule has 1 unspecified atom stereocenters. The highest BCUT2D eigenvalue weighted by Gasteiger charge is 2.16. The van der Waals surface area contributed by atoms with Gasteiger partial charge in [-0.15, -0.1) is 0 Å². The Hall–Kier alpha value is -1.26. The van der Waals surface area contributed by atoms with E-state index in [4.69, 9.17) is 22.1 Å². The highest BCUT2D eigenvalue weighted by molar-refractivity contribution is 6.32. The first kappa shape index (κ1) is 12.8. The van der Waals surface area contributed by atoms with E-state index >= 15 is 0 Å². The average molecular weight is 243 g/mol. The first-order valence-electron chi connectivity index (χ1n) is 4.99. The van der Waals surface area contributed by atoms with E-state index in [-0.39, 0.29) is 0 Å². The molecule has 0 spiro atoms. The van der Waals surface area contributed by atoms with Crippen molar-refractivity contribution in [1.82, 2.24) is 5.32 Å². The molecule has 0 saturated heterocycles. The van der Waals surface area contributed by atoms with Crippen LogP contribution in [0.2, 0.25) is 5.02 Å². The lowest BCUT2D eigenvalue weighted by atomic mass is 10.1. The van der Waals surface area contributed by atoms with Crippen molar-refractivity contribution in [2.75, 3.05) is 13.7 Å². The number of primary amides is 1. The van der Waals surface area contributed by atoms with Crippen molar-refractivity contribution < 1.29 is 9.53 Å². The van der Waals surface area contributed by atoms with Gasteiger partial charge in [0.05, 0.1) is 11.6 Å². The summed E-state index contributed by atoms with van der Waals surface area (Å²) in [4.78, 5) is 11.1. The number of halogens is 1. The number of carbonyl (C=O) groups is 1. The topological polar surface area (TPSA) is 64.3 Å². The van der Waals surface area contributed by atoms with Crippen LogP contribution in [-0.2, 0) is 4.79 Å². The molecule has 1 aromatic rings. The van der Waals surface area contributed by atoms with Crippen molar-refractivity contribution in [2.24, 2.45) is 5.73 Å². The Morgan fingerprint density at radius 3 is 2.75 bits per heavy atom. The normalized spacial score (nSPS) is 12.2. The molecule has 0 fully saturated rings. The van der Waals surface area contributed by atoms with Crippen LogP contribution in [0.25, 0.3) is 0 Å². The van der Waals surface area contributed by atoms with Gasteiger partial charge in [0.2, 0.25) is 5.91 Å². The fourth-order valence-electron chi connectivity index (χ4n) is 1.44. The lowest BCUT2D eigenvalue weighted by Gasteiger charge is -2.14. The molecule has 0 saturated carbocycles. The van der Waals surface area contributed by atoms with Crippen LogP contribution in [0.5, 0.6) is 5.75 Å². The summed E-state index contributed by atoms with van der Waals surface area (Å²) >= 11 is 6.01. The van der Waals surface area contributed by atoms with Crippen LogP contribution in [-0.4, -0.2) is 19.6 Å². The lowest BCUT2D eigenvalue weighted by Crippen LogP contribution is -2.31. The third kappa shape index (κ3) is 2.87. The van der Waals surface area contributed by atoms with E-state index in [2.05, 4.69) is 5.32 Å². The van der Waals surface area contributed by atoms with Gasteiger partial charge in [-0.05, 0) is 31.7 Å². The van der Waals surface area contributed by atoms with Crippen LogP contribution in [0.4, 0.5) is 0 Å². The third-order valence-electron chi connectivity index (χ3n) is 2.16. The van der Waals surface area contributed by atoms with Gasteiger partial charge in [-0.1, -0.05) is 17.7 Å². The molecule has 0 aromatic heterocycles. The Morgan fingerprint density at radius 1 is 1.62 bits per heavy atom. The second-order valence-corrected chi connectivity index (χ2v) is 3.65. The molecule has 16 heavy (non-hydrogen) atoms. The van der Waals surface area contributed by atoms with Crippen molar-refractivity contribution in [3.8, 4) is 5.75 Å². The molecule has 1 aromatic carbocycles. The zero-order valence-corrected chi connectivity index (χ0v) is 10.0. The van der Waals surface area contributed by atoms with Crippen molar-refractivity contribution in [2.45, 2.75) is 13.0 Å². The maximum atomic E-state index is 11.1. The number of carbonyl (C=O) groups excluding carboxylic acids is 1. The SMILES string of the molecule is CCOc1ccc(C(NC)C(N)=O)cc1Cl. The molecule has 0 aliphatic heterocycles. The van der Waals surface area contributed by atoms with E-state index in [9.17, 15) is 4.79 Å². The van der Waals surface area contributed by atoms with Gasteiger partial charge in [0.1, 0.15) is 11.8 Å². The fourth-order valence-corrected chi connectivity index (χ4v) is 1.69. The molecule has 5 heteroatoms. The summed E-state index contributed by atoms with van der Waals surface area (Å²) in [6.07, 6.45) is 0. The van der Waals surface area contributed by atoms with Gasteiger partial charge in [0, 0.05) is 0 Å². The van der Waals surface area contributed by atoms with E-state index in [0.717, 1.165) is 5.56 Å². The maximum absolute atomic E-state index is 11.1. The zero-order chi connectivity index (χ0) is 12.1. The summed E-state index contributed by atoms with van der Waals surface area (Å²) < 4.78 is 5.30. The van der Waals surface area contributed by atoms with Gasteiger partial charge in [-0.25, -0.2) is 0 Å². The molecule has 0 radical (unpaired) electrons. The first-order valence-corrected chi connectivity index (χ1v) is 5.36. The Labute approximate surface area is 99.7 Å². The lowest BCUT2D eigenvalue weighted by molar-refractivity contribution is -0.120. The number of nitrogens with two attached hydrogens (primary N) is 1. The number of amides is 1. The molecular weight excluding hydrogens is 228 g/mol. The van der Waals surface area contributed by atoms with Crippen LogP contribution in [0.15, 0.2) is 18.2 Å². The van der Waals surface area contributed by atoms with Crippen LogP contribution >= 0.6 is 11.6 Å². The summed E-state index contributed by atoms with van der Waals surface area (Å²) in [5, 5.41) is 3.30. The molecule has 0 aliphatic rings. The number of rotatable bonds is 5. The van der Waals surface area contributed by atoms with Gasteiger partial charge in [-0.2, -0.15) is 0 Å². The van der Waals surface area contributed by atoms with Gasteiger partial charge < -0.3 is 15.8 Å². The zero-order valence-electron chi connectivity index (χ0n) is 9.29. The predicted octanol–water partition coefficient (Wildman–Crippen LogP) is 1.48. The minimum absolute atomic E-state index is 0.442. The Bertz CT molecular complexity index is 382. The predicted molar refractivity (Wildman–Crippen MR) is 63.6 cm³/mol. The molecule has 88 valence electrons. The van der Waals surface area contributed by atoms with Gasteiger partial charge in [-0.3, -0.25) is 4.79 Å². The van der Waals surface area contributed by atoms with Crippen LogP contribution in [0.3, 0.4) is 0 Å². The molecule has 3 N–H and O–H groups in total. The number of hydrogen-bond donors (Lipinski definition) is 2. The summed E-state index contributed by atoms with van der Waals surface area (Å²) in [5.74, 6) is 0.162. The molecule has 4 nitrogen and oxygen atoms in total. The Balaban J connectivity index is 2.99. The monoisotopic (exact) mass is 242 g/mol. The summed E-state index contributed by atoms with van der Waals surface area (Å²) in [6.45, 7) is 2.42. The number of nitrogens with one attached hydrogen (secondary N) is 1. The third-order valence-corrected chi connectivity index (χ3v) is 2.46. The van der Waals surface area contributed by atoms with E-state index < -0.39 is 11.9 Å². The largest absolute Gasteiger partial charge is 0.492 e. The van der Waals surface area contributed by atoms with Crippen LogP contribution in [0.1, 0.15) is 18.5 Å².